The van der Waals surface area contributed by atoms with Gasteiger partial charge in [0, 0.05) is 19.3 Å². The van der Waals surface area contributed by atoms with Gasteiger partial charge in [-0.3, -0.25) is 14.4 Å². The molecule has 0 saturated carbocycles. The first kappa shape index (κ1) is 57.9. The second kappa shape index (κ2) is 49.5. The summed E-state index contributed by atoms with van der Waals surface area (Å²) in [5, 5.41) is 0. The largest absolute Gasteiger partial charge is 0.462 e. The van der Waals surface area contributed by atoms with Crippen molar-refractivity contribution in [1.82, 2.24) is 0 Å². The number of ether oxygens (including phenoxy) is 3. The molecule has 0 aliphatic heterocycles. The van der Waals surface area contributed by atoms with E-state index in [1.165, 1.54) is 167 Å². The van der Waals surface area contributed by atoms with Crippen molar-refractivity contribution >= 4 is 17.9 Å². The summed E-state index contributed by atoms with van der Waals surface area (Å²) in [6.45, 7) is 6.59. The van der Waals surface area contributed by atoms with Crippen LogP contribution in [0.2, 0.25) is 0 Å². The summed E-state index contributed by atoms with van der Waals surface area (Å²) in [6, 6.07) is 0. The highest BCUT2D eigenvalue weighted by Gasteiger charge is 2.19. The molecule has 0 aromatic rings. The van der Waals surface area contributed by atoms with Crippen LogP contribution in [0, 0.1) is 0 Å². The maximum absolute atomic E-state index is 12.7. The molecule has 0 bridgehead atoms. The summed E-state index contributed by atoms with van der Waals surface area (Å²) >= 11 is 0. The highest BCUT2D eigenvalue weighted by atomic mass is 16.6. The normalized spacial score (nSPS) is 12.1. The Hall–Kier alpha value is -2.11. The maximum atomic E-state index is 12.7. The zero-order valence-corrected chi connectivity index (χ0v) is 40.2. The van der Waals surface area contributed by atoms with Crippen molar-refractivity contribution in [2.75, 3.05) is 13.2 Å². The standard InChI is InChI=1S/C54H100O6/c1-4-7-10-13-16-18-20-22-24-25-26-27-28-30-31-33-35-38-41-44-47-53(56)59-50-51(49-58-52(55)46-43-40-37-15-12-9-6-3)60-54(57)48-45-42-39-36-34-32-29-23-21-19-17-14-11-8-5-2/h17,19,23,29,51H,4-16,18,20-22,24-28,30-50H2,1-3H3/b19-17-,29-23-. The predicted octanol–water partition coefficient (Wildman–Crippen LogP) is 17.2. The Bertz CT molecular complexity index is 973. The molecule has 0 rings (SSSR count). The quantitative estimate of drug-likeness (QED) is 0.0263. The average Bonchev–Trinajstić information content (AvgIpc) is 3.24. The van der Waals surface area contributed by atoms with E-state index in [2.05, 4.69) is 45.1 Å². The second-order valence-electron chi connectivity index (χ2n) is 17.8. The van der Waals surface area contributed by atoms with E-state index >= 15 is 0 Å². The van der Waals surface area contributed by atoms with Gasteiger partial charge in [0.05, 0.1) is 0 Å². The van der Waals surface area contributed by atoms with Gasteiger partial charge < -0.3 is 14.2 Å². The van der Waals surface area contributed by atoms with Crippen LogP contribution in [0.15, 0.2) is 24.3 Å². The summed E-state index contributed by atoms with van der Waals surface area (Å²) in [4.78, 5) is 37.8. The molecular formula is C54H100O6. The molecule has 0 spiro atoms. The molecule has 0 fully saturated rings. The van der Waals surface area contributed by atoms with Crippen molar-refractivity contribution in [1.29, 1.82) is 0 Å². The van der Waals surface area contributed by atoms with Crippen molar-refractivity contribution in [3.8, 4) is 0 Å². The van der Waals surface area contributed by atoms with Crippen molar-refractivity contribution < 1.29 is 28.6 Å². The minimum absolute atomic E-state index is 0.0728. The molecule has 0 aliphatic rings. The molecule has 0 aromatic heterocycles. The fourth-order valence-electron chi connectivity index (χ4n) is 7.71. The lowest BCUT2D eigenvalue weighted by Crippen LogP contribution is -2.30. The zero-order chi connectivity index (χ0) is 43.7. The van der Waals surface area contributed by atoms with Gasteiger partial charge in [0.2, 0.25) is 0 Å². The number of rotatable bonds is 48. The molecule has 0 aliphatic carbocycles. The van der Waals surface area contributed by atoms with Gasteiger partial charge >= 0.3 is 17.9 Å². The molecule has 0 radical (unpaired) electrons. The summed E-state index contributed by atoms with van der Waals surface area (Å²) in [5.74, 6) is -0.880. The Morgan fingerprint density at radius 3 is 0.950 bits per heavy atom. The number of allylic oxidation sites excluding steroid dienone is 4. The third-order valence-electron chi connectivity index (χ3n) is 11.7. The van der Waals surface area contributed by atoms with Gasteiger partial charge in [0.1, 0.15) is 13.2 Å². The molecule has 0 amide bonds. The van der Waals surface area contributed by atoms with E-state index in [0.29, 0.717) is 19.3 Å². The van der Waals surface area contributed by atoms with Crippen LogP contribution in [0.5, 0.6) is 0 Å². The van der Waals surface area contributed by atoms with Crippen LogP contribution in [-0.2, 0) is 28.6 Å². The van der Waals surface area contributed by atoms with Crippen molar-refractivity contribution in [3.63, 3.8) is 0 Å². The number of esters is 3. The summed E-state index contributed by atoms with van der Waals surface area (Å²) in [6.07, 6.45) is 56.1. The van der Waals surface area contributed by atoms with E-state index in [1.54, 1.807) is 0 Å². The van der Waals surface area contributed by atoms with E-state index in [9.17, 15) is 14.4 Å². The van der Waals surface area contributed by atoms with Gasteiger partial charge in [-0.25, -0.2) is 0 Å². The lowest BCUT2D eigenvalue weighted by atomic mass is 10.0. The van der Waals surface area contributed by atoms with Crippen LogP contribution in [0.3, 0.4) is 0 Å². The Morgan fingerprint density at radius 2 is 0.600 bits per heavy atom. The topological polar surface area (TPSA) is 78.9 Å². The Morgan fingerprint density at radius 1 is 0.333 bits per heavy atom. The number of unbranched alkanes of at least 4 members (excludes halogenated alkanes) is 33. The SMILES string of the molecule is CCCCC/C=C\C/C=C\CCCCCCCC(=O)OC(COC(=O)CCCCCCCCC)COC(=O)CCCCCCCCCCCCCCCCCCCCCC. The lowest BCUT2D eigenvalue weighted by Gasteiger charge is -2.18. The Balaban J connectivity index is 4.19. The molecule has 0 heterocycles. The number of hydrogen-bond acceptors (Lipinski definition) is 6. The molecule has 0 N–H and O–H groups in total. The monoisotopic (exact) mass is 845 g/mol. The Kier molecular flexibility index (Phi) is 47.8. The van der Waals surface area contributed by atoms with Crippen LogP contribution in [-0.4, -0.2) is 37.2 Å². The highest BCUT2D eigenvalue weighted by molar-refractivity contribution is 5.71. The lowest BCUT2D eigenvalue weighted by molar-refractivity contribution is -0.167. The summed E-state index contributed by atoms with van der Waals surface area (Å²) < 4.78 is 16.7. The number of hydrogen-bond donors (Lipinski definition) is 0. The van der Waals surface area contributed by atoms with E-state index in [0.717, 1.165) is 77.0 Å². The molecule has 60 heavy (non-hydrogen) atoms. The van der Waals surface area contributed by atoms with Crippen LogP contribution >= 0.6 is 0 Å². The van der Waals surface area contributed by atoms with Crippen LogP contribution < -0.4 is 0 Å². The molecule has 1 atom stereocenters. The fraction of sp³-hybridized carbons (Fsp3) is 0.870. The van der Waals surface area contributed by atoms with E-state index < -0.39 is 6.10 Å². The molecule has 0 saturated heterocycles. The summed E-state index contributed by atoms with van der Waals surface area (Å²) in [7, 11) is 0. The second-order valence-corrected chi connectivity index (χ2v) is 17.8. The van der Waals surface area contributed by atoms with Crippen LogP contribution in [0.4, 0.5) is 0 Å². The predicted molar refractivity (Wildman–Crippen MR) is 256 cm³/mol. The third kappa shape index (κ3) is 46.9. The van der Waals surface area contributed by atoms with E-state index in [4.69, 9.17) is 14.2 Å². The molecule has 6 heteroatoms. The smallest absolute Gasteiger partial charge is 0.306 e. The Labute approximate surface area is 373 Å². The molecule has 352 valence electrons. The first-order valence-corrected chi connectivity index (χ1v) is 26.3. The van der Waals surface area contributed by atoms with E-state index in [1.807, 2.05) is 0 Å². The van der Waals surface area contributed by atoms with Gasteiger partial charge in [-0.1, -0.05) is 238 Å². The number of carbonyl (C=O) groups excluding carboxylic acids is 3. The van der Waals surface area contributed by atoms with Crippen molar-refractivity contribution in [2.24, 2.45) is 0 Å². The molecule has 1 unspecified atom stereocenters. The van der Waals surface area contributed by atoms with Crippen molar-refractivity contribution in [2.45, 2.75) is 290 Å². The van der Waals surface area contributed by atoms with E-state index in [-0.39, 0.29) is 31.1 Å². The van der Waals surface area contributed by atoms with Gasteiger partial charge in [0.15, 0.2) is 6.10 Å². The third-order valence-corrected chi connectivity index (χ3v) is 11.7. The highest BCUT2D eigenvalue weighted by Crippen LogP contribution is 2.16. The molecule has 0 aromatic carbocycles. The first-order chi connectivity index (χ1) is 29.5. The van der Waals surface area contributed by atoms with Gasteiger partial charge in [-0.05, 0) is 51.4 Å². The van der Waals surface area contributed by atoms with Gasteiger partial charge in [-0.15, -0.1) is 0 Å². The average molecular weight is 845 g/mol. The molecule has 6 nitrogen and oxygen atoms in total. The first-order valence-electron chi connectivity index (χ1n) is 26.3. The van der Waals surface area contributed by atoms with Crippen molar-refractivity contribution in [3.05, 3.63) is 24.3 Å². The van der Waals surface area contributed by atoms with Gasteiger partial charge in [-0.2, -0.15) is 0 Å². The fourth-order valence-corrected chi connectivity index (χ4v) is 7.71. The zero-order valence-electron chi connectivity index (χ0n) is 40.2. The molecular weight excluding hydrogens is 745 g/mol. The minimum Gasteiger partial charge on any atom is -0.462 e. The van der Waals surface area contributed by atoms with Gasteiger partial charge in [0.25, 0.3) is 0 Å². The number of carbonyl (C=O) groups is 3. The maximum Gasteiger partial charge on any atom is 0.306 e. The summed E-state index contributed by atoms with van der Waals surface area (Å²) in [5.41, 5.74) is 0. The van der Waals surface area contributed by atoms with Crippen LogP contribution in [0.1, 0.15) is 284 Å². The van der Waals surface area contributed by atoms with Crippen LogP contribution in [0.25, 0.3) is 0 Å². The minimum atomic E-state index is -0.771.